The smallest absolute Gasteiger partial charge is 0.273 e. The van der Waals surface area contributed by atoms with Gasteiger partial charge in [-0.25, -0.2) is 13.9 Å². The number of halogens is 1. The lowest BCUT2D eigenvalue weighted by Crippen LogP contribution is -2.55. The van der Waals surface area contributed by atoms with Crippen molar-refractivity contribution in [3.05, 3.63) is 65.4 Å². The summed E-state index contributed by atoms with van der Waals surface area (Å²) in [5.74, 6) is -2.41. The Hall–Kier alpha value is -4.35. The van der Waals surface area contributed by atoms with Gasteiger partial charge in [-0.3, -0.25) is 19.2 Å². The van der Waals surface area contributed by atoms with Crippen molar-refractivity contribution in [2.24, 2.45) is 5.92 Å². The Bertz CT molecular complexity index is 1470. The molecule has 216 valence electrons. The second-order valence-corrected chi connectivity index (χ2v) is 10.9. The summed E-state index contributed by atoms with van der Waals surface area (Å²) < 4.78 is 16.2. The largest absolute Gasteiger partial charge is 0.355 e. The number of aromatic nitrogens is 3. The van der Waals surface area contributed by atoms with E-state index in [1.807, 2.05) is 13.8 Å². The average molecular weight is 564 g/mol. The van der Waals surface area contributed by atoms with Crippen LogP contribution in [0.3, 0.4) is 0 Å². The van der Waals surface area contributed by atoms with E-state index in [0.29, 0.717) is 44.4 Å². The predicted octanol–water partition coefficient (Wildman–Crippen LogP) is 1.82. The molecule has 1 aromatic carbocycles. The fourth-order valence-corrected chi connectivity index (χ4v) is 5.41. The van der Waals surface area contributed by atoms with Gasteiger partial charge < -0.3 is 20.4 Å². The molecule has 2 aromatic heterocycles. The highest BCUT2D eigenvalue weighted by atomic mass is 19.1. The minimum atomic E-state index is -0.765. The topological polar surface area (TPSA) is 129 Å². The molecule has 5 rings (SSSR count). The molecule has 3 aromatic rings. The van der Waals surface area contributed by atoms with E-state index in [0.717, 1.165) is 5.56 Å². The molecule has 0 saturated carbocycles. The van der Waals surface area contributed by atoms with Crippen molar-refractivity contribution in [3.8, 4) is 0 Å². The molecule has 0 spiro atoms. The molecule has 4 heterocycles. The number of nitrogens with one attached hydrogen (secondary N) is 2. The molecule has 4 amide bonds. The highest BCUT2D eigenvalue weighted by molar-refractivity contribution is 5.98. The Morgan fingerprint density at radius 3 is 2.76 bits per heavy atom. The summed E-state index contributed by atoms with van der Waals surface area (Å²) in [4.78, 5) is 60.8. The molecule has 2 N–H and O–H groups in total. The van der Waals surface area contributed by atoms with E-state index < -0.39 is 29.7 Å². The minimum Gasteiger partial charge on any atom is -0.355 e. The van der Waals surface area contributed by atoms with Gasteiger partial charge in [-0.05, 0) is 61.4 Å². The molecular formula is C29H34FN7O4. The van der Waals surface area contributed by atoms with E-state index in [2.05, 4.69) is 20.7 Å². The van der Waals surface area contributed by atoms with Gasteiger partial charge in [0, 0.05) is 25.7 Å². The lowest BCUT2D eigenvalue weighted by molar-refractivity contribution is -0.126. The first-order chi connectivity index (χ1) is 19.7. The number of carbonyl (C=O) groups excluding carboxylic acids is 4. The molecule has 0 unspecified atom stereocenters. The van der Waals surface area contributed by atoms with Crippen LogP contribution in [0, 0.1) is 11.7 Å². The van der Waals surface area contributed by atoms with Crippen LogP contribution in [0.2, 0.25) is 0 Å². The first-order valence-corrected chi connectivity index (χ1v) is 14.0. The average Bonchev–Trinajstić information content (AvgIpc) is 3.64. The van der Waals surface area contributed by atoms with Crippen molar-refractivity contribution in [1.29, 1.82) is 0 Å². The molecule has 1 saturated heterocycles. The van der Waals surface area contributed by atoms with Gasteiger partial charge in [0.2, 0.25) is 11.8 Å². The second kappa shape index (κ2) is 12.0. The maximum Gasteiger partial charge on any atom is 0.273 e. The molecule has 11 nitrogen and oxygen atoms in total. The van der Waals surface area contributed by atoms with Crippen molar-refractivity contribution in [1.82, 2.24) is 35.0 Å². The zero-order valence-electron chi connectivity index (χ0n) is 23.2. The third-order valence-electron chi connectivity index (χ3n) is 7.73. The fraction of sp³-hybridized carbons (Fsp3) is 0.448. The third-order valence-corrected chi connectivity index (χ3v) is 7.73. The molecule has 2 atom stereocenters. The molecule has 2 aliphatic rings. The molecule has 2 aliphatic heterocycles. The van der Waals surface area contributed by atoms with Crippen LogP contribution in [0.5, 0.6) is 0 Å². The van der Waals surface area contributed by atoms with Gasteiger partial charge in [0.1, 0.15) is 23.9 Å². The summed E-state index contributed by atoms with van der Waals surface area (Å²) in [6.45, 7) is 4.32. The van der Waals surface area contributed by atoms with Gasteiger partial charge in [0.25, 0.3) is 11.8 Å². The molecular weight excluding hydrogens is 529 g/mol. The number of benzene rings is 1. The van der Waals surface area contributed by atoms with Gasteiger partial charge in [0.15, 0.2) is 5.65 Å². The van der Waals surface area contributed by atoms with Crippen LogP contribution in [-0.4, -0.2) is 86.3 Å². The fourth-order valence-electron chi connectivity index (χ4n) is 5.41. The number of nitrogens with zero attached hydrogens (tertiary/aromatic N) is 5. The summed E-state index contributed by atoms with van der Waals surface area (Å²) in [5, 5.41) is 10.0. The Balaban J connectivity index is 1.47. The zero-order valence-corrected chi connectivity index (χ0v) is 23.2. The Morgan fingerprint density at radius 2 is 1.95 bits per heavy atom. The van der Waals surface area contributed by atoms with Crippen molar-refractivity contribution in [2.75, 3.05) is 26.2 Å². The normalized spacial score (nSPS) is 21.0. The lowest BCUT2D eigenvalue weighted by atomic mass is 10.0. The zero-order chi connectivity index (χ0) is 29.1. The van der Waals surface area contributed by atoms with E-state index in [4.69, 9.17) is 0 Å². The number of rotatable bonds is 2. The number of aryl methyl sites for hydroxylation is 1. The summed E-state index contributed by atoms with van der Waals surface area (Å²) in [6.07, 6.45) is 3.48. The molecule has 2 bridgehead atoms. The van der Waals surface area contributed by atoms with Crippen molar-refractivity contribution < 1.29 is 23.6 Å². The number of hydrogen-bond acceptors (Lipinski definition) is 6. The van der Waals surface area contributed by atoms with Crippen molar-refractivity contribution >= 4 is 29.3 Å². The highest BCUT2D eigenvalue weighted by Crippen LogP contribution is 2.23. The molecule has 0 aliphatic carbocycles. The predicted molar refractivity (Wildman–Crippen MR) is 147 cm³/mol. The van der Waals surface area contributed by atoms with E-state index in [-0.39, 0.29) is 42.1 Å². The van der Waals surface area contributed by atoms with Crippen LogP contribution in [0.1, 0.15) is 59.5 Å². The van der Waals surface area contributed by atoms with Gasteiger partial charge in [0.05, 0.1) is 12.1 Å². The van der Waals surface area contributed by atoms with Crippen LogP contribution in [0.4, 0.5) is 4.39 Å². The van der Waals surface area contributed by atoms with Crippen LogP contribution >= 0.6 is 0 Å². The minimum absolute atomic E-state index is 0.0524. The highest BCUT2D eigenvalue weighted by Gasteiger charge is 2.37. The molecule has 12 heteroatoms. The summed E-state index contributed by atoms with van der Waals surface area (Å²) in [6, 6.07) is 8.17. The molecule has 0 radical (unpaired) electrons. The second-order valence-electron chi connectivity index (χ2n) is 10.9. The first-order valence-electron chi connectivity index (χ1n) is 14.0. The van der Waals surface area contributed by atoms with Gasteiger partial charge in [-0.2, -0.15) is 5.10 Å². The monoisotopic (exact) mass is 563 g/mol. The van der Waals surface area contributed by atoms with Crippen LogP contribution in [-0.2, 0) is 16.0 Å². The van der Waals surface area contributed by atoms with Gasteiger partial charge >= 0.3 is 0 Å². The van der Waals surface area contributed by atoms with E-state index in [9.17, 15) is 23.6 Å². The third kappa shape index (κ3) is 6.06. The van der Waals surface area contributed by atoms with Crippen LogP contribution < -0.4 is 10.6 Å². The Kier molecular flexibility index (Phi) is 8.27. The van der Waals surface area contributed by atoms with Gasteiger partial charge in [-0.1, -0.05) is 26.0 Å². The number of carbonyl (C=O) groups is 4. The standard InChI is InChI=1S/C29H34FN7O4/c1-18(2)22-15-35(29(41)24-7-3-9-25-32-17-33-37(24)25)16-26(38)31-12-4-6-19-10-11-21(30)20(14-19)28(40)36-13-5-8-23(36)27(39)34-22/h3,7,9-11,14,17-18,22-23H,4-6,8,12-13,15-16H2,1-2H3,(H,31,38)(H,34,39)/t22-,23-/m0/s1. The van der Waals surface area contributed by atoms with E-state index in [1.54, 1.807) is 24.3 Å². The van der Waals surface area contributed by atoms with E-state index >= 15 is 0 Å². The summed E-state index contributed by atoms with van der Waals surface area (Å²) in [7, 11) is 0. The maximum atomic E-state index is 14.8. The van der Waals surface area contributed by atoms with Crippen LogP contribution in [0.15, 0.2) is 42.7 Å². The van der Waals surface area contributed by atoms with Crippen molar-refractivity contribution in [2.45, 2.75) is 51.6 Å². The first kappa shape index (κ1) is 28.2. The van der Waals surface area contributed by atoms with Gasteiger partial charge in [-0.15, -0.1) is 0 Å². The van der Waals surface area contributed by atoms with Crippen molar-refractivity contribution in [3.63, 3.8) is 0 Å². The van der Waals surface area contributed by atoms with Crippen LogP contribution in [0.25, 0.3) is 5.65 Å². The Morgan fingerprint density at radius 1 is 1.12 bits per heavy atom. The number of fused-ring (bicyclic) bond motifs is 4. The summed E-state index contributed by atoms with van der Waals surface area (Å²) in [5.41, 5.74) is 1.42. The summed E-state index contributed by atoms with van der Waals surface area (Å²) >= 11 is 0. The number of amides is 4. The number of pyridine rings is 1. The maximum absolute atomic E-state index is 14.8. The quantitative estimate of drug-likeness (QED) is 0.490. The number of hydrogen-bond donors (Lipinski definition) is 2. The molecule has 41 heavy (non-hydrogen) atoms. The van der Waals surface area contributed by atoms with E-state index in [1.165, 1.54) is 32.8 Å². The SMILES string of the molecule is CC(C)[C@@H]1CN(C(=O)c2cccc3ncnn23)CC(=O)NCCCc2ccc(F)c(c2)C(=O)N2CCC[C@H]2C(=O)N1. The lowest BCUT2D eigenvalue weighted by Gasteiger charge is -2.32. The Labute approximate surface area is 237 Å². The molecule has 1 fully saturated rings.